The summed E-state index contributed by atoms with van der Waals surface area (Å²) in [4.78, 5) is 21.4. The summed E-state index contributed by atoms with van der Waals surface area (Å²) in [6.45, 7) is 2.95. The molecule has 2 heterocycles. The van der Waals surface area contributed by atoms with Crippen LogP contribution in [0.3, 0.4) is 0 Å². The Morgan fingerprint density at radius 2 is 1.77 bits per heavy atom. The smallest absolute Gasteiger partial charge is 0.259 e. The molecule has 0 spiro atoms. The molecule has 0 unspecified atom stereocenters. The predicted octanol–water partition coefficient (Wildman–Crippen LogP) is 1.17. The quantitative estimate of drug-likeness (QED) is 0.741. The first kappa shape index (κ1) is 21.9. The summed E-state index contributed by atoms with van der Waals surface area (Å²) in [5, 5.41) is -0.0397. The van der Waals surface area contributed by atoms with Crippen LogP contribution in [-0.2, 0) is 21.9 Å². The van der Waals surface area contributed by atoms with Gasteiger partial charge in [0.05, 0.1) is 6.33 Å². The van der Waals surface area contributed by atoms with E-state index in [0.717, 1.165) is 18.7 Å². The maximum Gasteiger partial charge on any atom is 0.259 e. The van der Waals surface area contributed by atoms with Gasteiger partial charge in [-0.05, 0) is 43.5 Å². The van der Waals surface area contributed by atoms with E-state index >= 15 is 0 Å². The van der Waals surface area contributed by atoms with Crippen LogP contribution >= 0.6 is 0 Å². The second kappa shape index (κ2) is 8.68. The normalized spacial score (nSPS) is 25.1. The lowest BCUT2D eigenvalue weighted by atomic mass is 9.88. The highest BCUT2D eigenvalue weighted by Gasteiger charge is 2.43. The molecule has 1 N–H and O–H groups in total. The van der Waals surface area contributed by atoms with Crippen molar-refractivity contribution < 1.29 is 17.6 Å². The fourth-order valence-electron chi connectivity index (χ4n) is 4.55. The predicted molar refractivity (Wildman–Crippen MR) is 113 cm³/mol. The highest BCUT2D eigenvalue weighted by atomic mass is 32.2. The van der Waals surface area contributed by atoms with Gasteiger partial charge in [-0.15, -0.1) is 0 Å². The molecule has 0 bridgehead atoms. The van der Waals surface area contributed by atoms with E-state index in [9.17, 15) is 17.6 Å². The number of rotatable bonds is 5. The molecular formula is C21H28FN5O3S. The molecule has 4 rings (SSSR count). The standard InChI is InChI=1S/C21H28FN5O3S/c1-25-7-9-27(10-8-25)21(28)19-12-17(11-18(19)15-3-5-16(22)6-4-15)24-31(29,30)20-13-26(2)14-23-20/h3-6,13-14,17-19,24H,7-12H2,1-2H3/t17-,18+,19-/m0/s1. The number of nitrogens with one attached hydrogen (secondary N) is 1. The number of aryl methyl sites for hydroxylation is 1. The molecule has 2 fully saturated rings. The summed E-state index contributed by atoms with van der Waals surface area (Å²) >= 11 is 0. The lowest BCUT2D eigenvalue weighted by Gasteiger charge is -2.35. The van der Waals surface area contributed by atoms with Crippen LogP contribution in [0.4, 0.5) is 4.39 Å². The van der Waals surface area contributed by atoms with Gasteiger partial charge in [-0.1, -0.05) is 12.1 Å². The maximum atomic E-state index is 13.5. The number of carbonyl (C=O) groups excluding carboxylic acids is 1. The Morgan fingerprint density at radius 1 is 1.10 bits per heavy atom. The molecule has 31 heavy (non-hydrogen) atoms. The van der Waals surface area contributed by atoms with E-state index in [-0.39, 0.29) is 28.6 Å². The molecule has 1 aliphatic carbocycles. The summed E-state index contributed by atoms with van der Waals surface area (Å²) in [5.41, 5.74) is 0.855. The molecule has 1 aliphatic heterocycles. The highest BCUT2D eigenvalue weighted by Crippen LogP contribution is 2.41. The number of likely N-dealkylation sites (N-methyl/N-ethyl adjacent to an activating group) is 1. The first-order valence-electron chi connectivity index (χ1n) is 10.5. The zero-order valence-electron chi connectivity index (χ0n) is 17.7. The lowest BCUT2D eigenvalue weighted by molar-refractivity contribution is -0.137. The first-order chi connectivity index (χ1) is 14.7. The van der Waals surface area contributed by atoms with Crippen molar-refractivity contribution in [1.29, 1.82) is 0 Å². The molecule has 10 heteroatoms. The topological polar surface area (TPSA) is 87.5 Å². The van der Waals surface area contributed by atoms with E-state index in [1.165, 1.54) is 24.7 Å². The number of halogens is 1. The fraction of sp³-hybridized carbons (Fsp3) is 0.524. The summed E-state index contributed by atoms with van der Waals surface area (Å²) in [6.07, 6.45) is 3.76. The van der Waals surface area contributed by atoms with Crippen LogP contribution in [0.15, 0.2) is 41.8 Å². The van der Waals surface area contributed by atoms with Crippen LogP contribution in [0.2, 0.25) is 0 Å². The van der Waals surface area contributed by atoms with Crippen molar-refractivity contribution in [3.8, 4) is 0 Å². The summed E-state index contributed by atoms with van der Waals surface area (Å²) in [5.74, 6) is -0.826. The van der Waals surface area contributed by atoms with Crippen molar-refractivity contribution in [2.75, 3.05) is 33.2 Å². The largest absolute Gasteiger partial charge is 0.340 e. The minimum atomic E-state index is -3.79. The number of aromatic nitrogens is 2. The van der Waals surface area contributed by atoms with Gasteiger partial charge in [0.1, 0.15) is 5.82 Å². The van der Waals surface area contributed by atoms with Crippen LogP contribution in [0.25, 0.3) is 0 Å². The molecule has 2 aromatic rings. The second-order valence-corrected chi connectivity index (χ2v) is 10.2. The number of carbonyl (C=O) groups is 1. The van der Waals surface area contributed by atoms with Gasteiger partial charge >= 0.3 is 0 Å². The van der Waals surface area contributed by atoms with Gasteiger partial charge in [0.25, 0.3) is 10.0 Å². The minimum Gasteiger partial charge on any atom is -0.340 e. The molecule has 1 amide bonds. The monoisotopic (exact) mass is 449 g/mol. The van der Waals surface area contributed by atoms with Crippen molar-refractivity contribution >= 4 is 15.9 Å². The third kappa shape index (κ3) is 4.81. The Balaban J connectivity index is 1.55. The van der Waals surface area contributed by atoms with Gasteiger partial charge in [-0.3, -0.25) is 4.79 Å². The van der Waals surface area contributed by atoms with Crippen molar-refractivity contribution in [1.82, 2.24) is 24.1 Å². The molecule has 3 atom stereocenters. The Bertz CT molecular complexity index is 1030. The zero-order valence-corrected chi connectivity index (χ0v) is 18.6. The molecule has 0 radical (unpaired) electrons. The average Bonchev–Trinajstić information content (AvgIpc) is 3.35. The Labute approximate surface area is 182 Å². The van der Waals surface area contributed by atoms with Gasteiger partial charge in [-0.25, -0.2) is 22.5 Å². The summed E-state index contributed by atoms with van der Waals surface area (Å²) in [6, 6.07) is 5.76. The van der Waals surface area contributed by atoms with Gasteiger partial charge in [0.15, 0.2) is 5.03 Å². The zero-order chi connectivity index (χ0) is 22.2. The third-order valence-electron chi connectivity index (χ3n) is 6.27. The number of nitrogens with zero attached hydrogens (tertiary/aromatic N) is 4. The number of amides is 1. The average molecular weight is 450 g/mol. The van der Waals surface area contributed by atoms with Crippen LogP contribution in [-0.4, -0.2) is 72.9 Å². The Morgan fingerprint density at radius 3 is 2.39 bits per heavy atom. The van der Waals surface area contributed by atoms with E-state index < -0.39 is 16.1 Å². The van der Waals surface area contributed by atoms with E-state index in [4.69, 9.17) is 0 Å². The number of benzene rings is 1. The number of hydrogen-bond donors (Lipinski definition) is 1. The molecule has 8 nitrogen and oxygen atoms in total. The van der Waals surface area contributed by atoms with Crippen LogP contribution in [0.1, 0.15) is 24.3 Å². The lowest BCUT2D eigenvalue weighted by Crippen LogP contribution is -2.49. The van der Waals surface area contributed by atoms with Gasteiger partial charge in [-0.2, -0.15) is 0 Å². The molecule has 1 saturated carbocycles. The van der Waals surface area contributed by atoms with Crippen molar-refractivity contribution in [3.63, 3.8) is 0 Å². The SMILES string of the molecule is CN1CCN(C(=O)[C@H]2C[C@@H](NS(=O)(=O)c3cn(C)cn3)C[C@@H]2c2ccc(F)cc2)CC1. The first-order valence-corrected chi connectivity index (χ1v) is 11.9. The number of hydrogen-bond acceptors (Lipinski definition) is 5. The molecule has 1 saturated heterocycles. The van der Waals surface area contributed by atoms with Gasteiger partial charge in [0, 0.05) is 51.4 Å². The van der Waals surface area contributed by atoms with Crippen LogP contribution < -0.4 is 4.72 Å². The second-order valence-electron chi connectivity index (χ2n) is 8.56. The van der Waals surface area contributed by atoms with E-state index in [0.29, 0.717) is 25.9 Å². The molecule has 2 aliphatic rings. The minimum absolute atomic E-state index is 0.0397. The Hall–Kier alpha value is -2.30. The fourth-order valence-corrected chi connectivity index (χ4v) is 5.80. The Kier molecular flexibility index (Phi) is 6.14. The number of piperazine rings is 1. The number of imidazole rings is 1. The summed E-state index contributed by atoms with van der Waals surface area (Å²) < 4.78 is 43.3. The van der Waals surface area contributed by atoms with E-state index in [2.05, 4.69) is 14.6 Å². The third-order valence-corrected chi connectivity index (χ3v) is 7.68. The summed E-state index contributed by atoms with van der Waals surface area (Å²) in [7, 11) is -0.0558. The maximum absolute atomic E-state index is 13.5. The molecule has 1 aromatic carbocycles. The van der Waals surface area contributed by atoms with E-state index in [1.54, 1.807) is 23.7 Å². The van der Waals surface area contributed by atoms with Crippen LogP contribution in [0.5, 0.6) is 0 Å². The molecule has 1 aromatic heterocycles. The van der Waals surface area contributed by atoms with Gasteiger partial charge < -0.3 is 14.4 Å². The van der Waals surface area contributed by atoms with Crippen molar-refractivity contribution in [2.45, 2.75) is 29.8 Å². The van der Waals surface area contributed by atoms with Crippen molar-refractivity contribution in [3.05, 3.63) is 48.2 Å². The van der Waals surface area contributed by atoms with Crippen LogP contribution in [0, 0.1) is 11.7 Å². The highest BCUT2D eigenvalue weighted by molar-refractivity contribution is 7.89. The number of sulfonamides is 1. The van der Waals surface area contributed by atoms with Crippen molar-refractivity contribution in [2.24, 2.45) is 13.0 Å². The molecular weight excluding hydrogens is 421 g/mol. The molecule has 168 valence electrons. The van der Waals surface area contributed by atoms with E-state index in [1.807, 2.05) is 11.9 Å². The van der Waals surface area contributed by atoms with Gasteiger partial charge in [0.2, 0.25) is 5.91 Å².